The van der Waals surface area contributed by atoms with Crippen molar-refractivity contribution in [1.29, 1.82) is 0 Å². The van der Waals surface area contributed by atoms with Crippen LogP contribution in [0.4, 0.5) is 0 Å². The minimum atomic E-state index is 0.113. The van der Waals surface area contributed by atoms with Gasteiger partial charge in [0.2, 0.25) is 0 Å². The number of nitrogens with two attached hydrogens (primary N) is 1. The fourth-order valence-electron chi connectivity index (χ4n) is 1.13. The van der Waals surface area contributed by atoms with Crippen LogP contribution in [-0.4, -0.2) is 4.99 Å². The molecule has 4 heteroatoms. The first-order chi connectivity index (χ1) is 6.52. The topological polar surface area (TPSA) is 26.0 Å². The molecule has 0 saturated carbocycles. The molecule has 0 heterocycles. The lowest BCUT2D eigenvalue weighted by atomic mass is 10.0. The number of thiocarbonyl (C=S) groups is 1. The second-order valence-electron chi connectivity index (χ2n) is 3.21. The van der Waals surface area contributed by atoms with Gasteiger partial charge >= 0.3 is 0 Å². The molecule has 0 saturated heterocycles. The fraction of sp³-hybridized carbons (Fsp3) is 0.300. The fourth-order valence-corrected chi connectivity index (χ4v) is 1.77. The van der Waals surface area contributed by atoms with Crippen LogP contribution in [0.15, 0.2) is 18.2 Å². The van der Waals surface area contributed by atoms with Gasteiger partial charge in [-0.05, 0) is 24.1 Å². The van der Waals surface area contributed by atoms with Crippen molar-refractivity contribution in [3.63, 3.8) is 0 Å². The van der Waals surface area contributed by atoms with E-state index in [2.05, 4.69) is 0 Å². The predicted octanol–water partition coefficient (Wildman–Crippen LogP) is 3.46. The van der Waals surface area contributed by atoms with E-state index in [-0.39, 0.29) is 5.92 Å². The van der Waals surface area contributed by atoms with Gasteiger partial charge in [0.05, 0.1) is 4.99 Å². The molecule has 0 aliphatic rings. The zero-order valence-electron chi connectivity index (χ0n) is 7.76. The monoisotopic (exact) mass is 247 g/mol. The highest BCUT2D eigenvalue weighted by molar-refractivity contribution is 7.80. The smallest absolute Gasteiger partial charge is 0.0759 e. The van der Waals surface area contributed by atoms with Crippen LogP contribution in [0.2, 0.25) is 10.0 Å². The summed E-state index contributed by atoms with van der Waals surface area (Å²) in [6.07, 6.45) is 0.688. The van der Waals surface area contributed by atoms with Crippen LogP contribution >= 0.6 is 35.4 Å². The standard InChI is InChI=1S/C10H11Cl2NS/c1-6(10(13)14)5-7-8(11)3-2-4-9(7)12/h2-4,6H,5H2,1H3,(H2,13,14). The van der Waals surface area contributed by atoms with Crippen LogP contribution in [0.3, 0.4) is 0 Å². The molecule has 1 aromatic rings. The van der Waals surface area contributed by atoms with Crippen molar-refractivity contribution in [3.05, 3.63) is 33.8 Å². The molecule has 0 amide bonds. The lowest BCUT2D eigenvalue weighted by Gasteiger charge is -2.12. The molecule has 1 aromatic carbocycles. The molecule has 0 radical (unpaired) electrons. The van der Waals surface area contributed by atoms with Gasteiger partial charge in [0, 0.05) is 16.0 Å². The average Bonchev–Trinajstić information content (AvgIpc) is 2.11. The van der Waals surface area contributed by atoms with Crippen molar-refractivity contribution in [1.82, 2.24) is 0 Å². The molecule has 1 rings (SSSR count). The number of hydrogen-bond donors (Lipinski definition) is 1. The Morgan fingerprint density at radius 2 is 1.93 bits per heavy atom. The minimum Gasteiger partial charge on any atom is -0.393 e. The molecule has 0 aliphatic carbocycles. The Bertz CT molecular complexity index is 332. The van der Waals surface area contributed by atoms with Crippen LogP contribution in [0.25, 0.3) is 0 Å². The van der Waals surface area contributed by atoms with Gasteiger partial charge in [-0.25, -0.2) is 0 Å². The maximum Gasteiger partial charge on any atom is 0.0759 e. The van der Waals surface area contributed by atoms with Crippen molar-refractivity contribution >= 4 is 40.4 Å². The molecular weight excluding hydrogens is 237 g/mol. The highest BCUT2D eigenvalue weighted by Crippen LogP contribution is 2.26. The Morgan fingerprint density at radius 1 is 1.43 bits per heavy atom. The average molecular weight is 248 g/mol. The molecule has 0 bridgehead atoms. The summed E-state index contributed by atoms with van der Waals surface area (Å²) in [5, 5.41) is 1.33. The van der Waals surface area contributed by atoms with Gasteiger partial charge in [0.15, 0.2) is 0 Å². The summed E-state index contributed by atoms with van der Waals surface area (Å²) in [5.74, 6) is 0.113. The van der Waals surface area contributed by atoms with Gasteiger partial charge in [-0.2, -0.15) is 0 Å². The molecule has 0 aromatic heterocycles. The van der Waals surface area contributed by atoms with Crippen LogP contribution in [0, 0.1) is 5.92 Å². The van der Waals surface area contributed by atoms with E-state index in [0.29, 0.717) is 21.5 Å². The largest absolute Gasteiger partial charge is 0.393 e. The first kappa shape index (κ1) is 11.8. The molecule has 2 N–H and O–H groups in total. The third-order valence-corrected chi connectivity index (χ3v) is 3.17. The lowest BCUT2D eigenvalue weighted by Crippen LogP contribution is -2.20. The number of halogens is 2. The molecular formula is C10H11Cl2NS. The zero-order valence-corrected chi connectivity index (χ0v) is 10.1. The quantitative estimate of drug-likeness (QED) is 0.829. The zero-order chi connectivity index (χ0) is 10.7. The van der Waals surface area contributed by atoms with E-state index in [4.69, 9.17) is 41.2 Å². The maximum atomic E-state index is 6.01. The summed E-state index contributed by atoms with van der Waals surface area (Å²) >= 11 is 16.9. The van der Waals surface area contributed by atoms with Crippen LogP contribution in [0.1, 0.15) is 12.5 Å². The van der Waals surface area contributed by atoms with Crippen LogP contribution in [-0.2, 0) is 6.42 Å². The summed E-state index contributed by atoms with van der Waals surface area (Å²) < 4.78 is 0. The van der Waals surface area contributed by atoms with Crippen molar-refractivity contribution in [2.24, 2.45) is 11.7 Å². The van der Waals surface area contributed by atoms with E-state index in [1.54, 1.807) is 0 Å². The van der Waals surface area contributed by atoms with Gasteiger partial charge in [0.1, 0.15) is 0 Å². The summed E-state index contributed by atoms with van der Waals surface area (Å²) in [6.45, 7) is 1.96. The van der Waals surface area contributed by atoms with E-state index in [1.807, 2.05) is 25.1 Å². The van der Waals surface area contributed by atoms with Crippen molar-refractivity contribution in [3.8, 4) is 0 Å². The Morgan fingerprint density at radius 3 is 2.36 bits per heavy atom. The Labute approximate surface area is 99.2 Å². The summed E-state index contributed by atoms with van der Waals surface area (Å²) in [4.78, 5) is 0.487. The SMILES string of the molecule is CC(Cc1c(Cl)cccc1Cl)C(N)=S. The summed E-state index contributed by atoms with van der Waals surface area (Å²) in [5.41, 5.74) is 6.44. The normalized spacial score (nSPS) is 12.5. The second-order valence-corrected chi connectivity index (χ2v) is 4.49. The molecule has 1 nitrogen and oxygen atoms in total. The van der Waals surface area contributed by atoms with E-state index < -0.39 is 0 Å². The number of rotatable bonds is 3. The molecule has 76 valence electrons. The van der Waals surface area contributed by atoms with Gasteiger partial charge in [0.25, 0.3) is 0 Å². The Hall–Kier alpha value is -0.310. The van der Waals surface area contributed by atoms with Gasteiger partial charge in [-0.15, -0.1) is 0 Å². The maximum absolute atomic E-state index is 6.01. The number of benzene rings is 1. The van der Waals surface area contributed by atoms with Crippen molar-refractivity contribution in [2.75, 3.05) is 0 Å². The Balaban J connectivity index is 2.91. The van der Waals surface area contributed by atoms with Gasteiger partial charge in [-0.3, -0.25) is 0 Å². The molecule has 1 atom stereocenters. The highest BCUT2D eigenvalue weighted by atomic mass is 35.5. The van der Waals surface area contributed by atoms with Crippen molar-refractivity contribution < 1.29 is 0 Å². The molecule has 0 fully saturated rings. The van der Waals surface area contributed by atoms with E-state index in [1.165, 1.54) is 0 Å². The molecule has 14 heavy (non-hydrogen) atoms. The number of hydrogen-bond acceptors (Lipinski definition) is 1. The van der Waals surface area contributed by atoms with E-state index in [0.717, 1.165) is 5.56 Å². The third-order valence-electron chi connectivity index (χ3n) is 2.06. The Kier molecular flexibility index (Phi) is 4.17. The first-order valence-corrected chi connectivity index (χ1v) is 5.41. The molecule has 0 spiro atoms. The lowest BCUT2D eigenvalue weighted by molar-refractivity contribution is 0.772. The van der Waals surface area contributed by atoms with Crippen molar-refractivity contribution in [2.45, 2.75) is 13.3 Å². The summed E-state index contributed by atoms with van der Waals surface area (Å²) in [7, 11) is 0. The molecule has 1 unspecified atom stereocenters. The van der Waals surface area contributed by atoms with Crippen LogP contribution in [0.5, 0.6) is 0 Å². The van der Waals surface area contributed by atoms with Crippen LogP contribution < -0.4 is 5.73 Å². The van der Waals surface area contributed by atoms with E-state index >= 15 is 0 Å². The minimum absolute atomic E-state index is 0.113. The predicted molar refractivity (Wildman–Crippen MR) is 66.1 cm³/mol. The van der Waals surface area contributed by atoms with E-state index in [9.17, 15) is 0 Å². The third kappa shape index (κ3) is 2.84. The second kappa shape index (κ2) is 4.96. The summed E-state index contributed by atoms with van der Waals surface area (Å²) in [6, 6.07) is 5.45. The van der Waals surface area contributed by atoms with Gasteiger partial charge in [-0.1, -0.05) is 48.4 Å². The first-order valence-electron chi connectivity index (χ1n) is 4.24. The highest BCUT2D eigenvalue weighted by Gasteiger charge is 2.11. The van der Waals surface area contributed by atoms with Gasteiger partial charge < -0.3 is 5.73 Å². The molecule has 0 aliphatic heterocycles.